The molecule has 2 heterocycles. The molecule has 5 aromatic rings. The summed E-state index contributed by atoms with van der Waals surface area (Å²) in [6, 6.07) is 22.5. The van der Waals surface area contributed by atoms with E-state index in [1.54, 1.807) is 0 Å². The van der Waals surface area contributed by atoms with E-state index in [-0.39, 0.29) is 0 Å². The molecular formula is C26H26N2S. The van der Waals surface area contributed by atoms with Crippen molar-refractivity contribution in [3.05, 3.63) is 71.8 Å². The Bertz CT molecular complexity index is 1310. The Morgan fingerprint density at radius 3 is 2.59 bits per heavy atom. The van der Waals surface area contributed by atoms with Gasteiger partial charge in [-0.1, -0.05) is 37.3 Å². The van der Waals surface area contributed by atoms with Crippen molar-refractivity contribution in [3.63, 3.8) is 0 Å². The van der Waals surface area contributed by atoms with Crippen molar-refractivity contribution < 1.29 is 0 Å². The summed E-state index contributed by atoms with van der Waals surface area (Å²) in [4.78, 5) is 3.74. The summed E-state index contributed by atoms with van der Waals surface area (Å²) >= 11 is 1.87. The van der Waals surface area contributed by atoms with Crippen LogP contribution in [0.5, 0.6) is 0 Å². The van der Waals surface area contributed by atoms with Gasteiger partial charge in [0.15, 0.2) is 0 Å². The molecule has 0 amide bonds. The SMILES string of the molecule is CCc1ccc2[nH]c(-c3ccc4sc5ccccc5c4c3)c(CCCCN)c2c1. The summed E-state index contributed by atoms with van der Waals surface area (Å²) in [6.45, 7) is 2.98. The van der Waals surface area contributed by atoms with Crippen molar-refractivity contribution in [3.8, 4) is 11.3 Å². The fourth-order valence-electron chi connectivity index (χ4n) is 4.35. The van der Waals surface area contributed by atoms with Crippen molar-refractivity contribution >= 4 is 42.4 Å². The first kappa shape index (κ1) is 18.4. The largest absolute Gasteiger partial charge is 0.354 e. The summed E-state index contributed by atoms with van der Waals surface area (Å²) < 4.78 is 2.70. The van der Waals surface area contributed by atoms with Crippen LogP contribution in [0.15, 0.2) is 60.7 Å². The zero-order valence-electron chi connectivity index (χ0n) is 16.8. The molecule has 0 saturated heterocycles. The molecule has 0 aliphatic heterocycles. The lowest BCUT2D eigenvalue weighted by atomic mass is 9.98. The number of unbranched alkanes of at least 4 members (excludes halogenated alkanes) is 1. The van der Waals surface area contributed by atoms with E-state index in [0.717, 1.165) is 32.2 Å². The number of fused-ring (bicyclic) bond motifs is 4. The minimum absolute atomic E-state index is 0.755. The highest BCUT2D eigenvalue weighted by Crippen LogP contribution is 2.38. The van der Waals surface area contributed by atoms with Gasteiger partial charge in [0.2, 0.25) is 0 Å². The Labute approximate surface area is 175 Å². The lowest BCUT2D eigenvalue weighted by Gasteiger charge is -2.06. The average molecular weight is 399 g/mol. The Hall–Kier alpha value is -2.62. The van der Waals surface area contributed by atoms with E-state index in [9.17, 15) is 0 Å². The molecule has 0 atom stereocenters. The standard InChI is InChI=1S/C26H26N2S/c1-2-17-10-12-23-21(15-17)20(8-5-6-14-27)26(28-23)18-11-13-25-22(16-18)19-7-3-4-9-24(19)29-25/h3-4,7,9-13,15-16,28H,2,5-6,8,14,27H2,1H3. The van der Waals surface area contributed by atoms with Gasteiger partial charge in [-0.25, -0.2) is 0 Å². The van der Waals surface area contributed by atoms with Crippen molar-refractivity contribution in [2.24, 2.45) is 5.73 Å². The van der Waals surface area contributed by atoms with E-state index in [1.807, 2.05) is 11.3 Å². The molecule has 5 rings (SSSR count). The number of hydrogen-bond acceptors (Lipinski definition) is 2. The van der Waals surface area contributed by atoms with Gasteiger partial charge < -0.3 is 10.7 Å². The highest BCUT2D eigenvalue weighted by molar-refractivity contribution is 7.25. The zero-order chi connectivity index (χ0) is 19.8. The highest BCUT2D eigenvalue weighted by atomic mass is 32.1. The number of nitrogens with one attached hydrogen (secondary N) is 1. The molecule has 0 saturated carbocycles. The summed E-state index contributed by atoms with van der Waals surface area (Å²) in [6.07, 6.45) is 4.30. The van der Waals surface area contributed by atoms with Crippen LogP contribution in [0.2, 0.25) is 0 Å². The van der Waals surface area contributed by atoms with E-state index >= 15 is 0 Å². The molecule has 0 spiro atoms. The third kappa shape index (κ3) is 3.25. The van der Waals surface area contributed by atoms with Crippen molar-refractivity contribution in [2.45, 2.75) is 32.6 Å². The van der Waals surface area contributed by atoms with Crippen molar-refractivity contribution in [2.75, 3.05) is 6.54 Å². The summed E-state index contributed by atoms with van der Waals surface area (Å²) in [5.74, 6) is 0. The predicted octanol–water partition coefficient (Wildman–Crippen LogP) is 7.05. The van der Waals surface area contributed by atoms with Crippen LogP contribution in [-0.2, 0) is 12.8 Å². The van der Waals surface area contributed by atoms with E-state index < -0.39 is 0 Å². The van der Waals surface area contributed by atoms with E-state index in [4.69, 9.17) is 5.73 Å². The van der Waals surface area contributed by atoms with Gasteiger partial charge in [0.1, 0.15) is 0 Å². The second kappa shape index (κ2) is 7.66. The molecule has 2 aromatic heterocycles. The number of aromatic amines is 1. The van der Waals surface area contributed by atoms with Gasteiger partial charge in [-0.05, 0) is 79.3 Å². The Morgan fingerprint density at radius 1 is 0.862 bits per heavy atom. The molecule has 3 N–H and O–H groups in total. The monoisotopic (exact) mass is 398 g/mol. The number of hydrogen-bond donors (Lipinski definition) is 2. The van der Waals surface area contributed by atoms with E-state index in [2.05, 4.69) is 72.6 Å². The molecule has 0 unspecified atom stereocenters. The summed E-state index contributed by atoms with van der Waals surface area (Å²) in [5, 5.41) is 4.07. The number of aromatic nitrogens is 1. The molecule has 146 valence electrons. The van der Waals surface area contributed by atoms with Gasteiger partial charge in [0, 0.05) is 36.8 Å². The number of rotatable bonds is 6. The topological polar surface area (TPSA) is 41.8 Å². The summed E-state index contributed by atoms with van der Waals surface area (Å²) in [5.41, 5.74) is 12.4. The number of benzene rings is 3. The lowest BCUT2D eigenvalue weighted by Crippen LogP contribution is -1.99. The van der Waals surface area contributed by atoms with Gasteiger partial charge in [-0.15, -0.1) is 11.3 Å². The van der Waals surface area contributed by atoms with Gasteiger partial charge >= 0.3 is 0 Å². The minimum atomic E-state index is 0.755. The van der Waals surface area contributed by atoms with Gasteiger partial charge in [0.25, 0.3) is 0 Å². The van der Waals surface area contributed by atoms with Crippen LogP contribution in [0.3, 0.4) is 0 Å². The fourth-order valence-corrected chi connectivity index (χ4v) is 5.43. The molecule has 0 bridgehead atoms. The number of thiophene rings is 1. The van der Waals surface area contributed by atoms with Gasteiger partial charge in [-0.3, -0.25) is 0 Å². The van der Waals surface area contributed by atoms with Crippen molar-refractivity contribution in [1.29, 1.82) is 0 Å². The third-order valence-electron chi connectivity index (χ3n) is 5.93. The van der Waals surface area contributed by atoms with Crippen LogP contribution in [0, 0.1) is 0 Å². The third-order valence-corrected chi connectivity index (χ3v) is 7.08. The van der Waals surface area contributed by atoms with Crippen molar-refractivity contribution in [1.82, 2.24) is 4.98 Å². The summed E-state index contributed by atoms with van der Waals surface area (Å²) in [7, 11) is 0. The van der Waals surface area contributed by atoms with Gasteiger partial charge in [0.05, 0.1) is 0 Å². The quantitative estimate of drug-likeness (QED) is 0.296. The maximum absolute atomic E-state index is 5.77. The molecular weight excluding hydrogens is 372 g/mol. The first-order chi connectivity index (χ1) is 14.3. The minimum Gasteiger partial charge on any atom is -0.354 e. The van der Waals surface area contributed by atoms with Crippen LogP contribution >= 0.6 is 11.3 Å². The van der Waals surface area contributed by atoms with Crippen LogP contribution in [0.25, 0.3) is 42.3 Å². The number of aryl methyl sites for hydroxylation is 2. The fraction of sp³-hybridized carbons (Fsp3) is 0.231. The Morgan fingerprint density at radius 2 is 1.72 bits per heavy atom. The number of H-pyrrole nitrogens is 1. The second-order valence-electron chi connectivity index (χ2n) is 7.77. The van der Waals surface area contributed by atoms with E-state index in [1.165, 1.54) is 53.5 Å². The molecule has 3 aromatic carbocycles. The lowest BCUT2D eigenvalue weighted by molar-refractivity contribution is 0.748. The highest BCUT2D eigenvalue weighted by Gasteiger charge is 2.15. The molecule has 0 fully saturated rings. The molecule has 0 radical (unpaired) electrons. The van der Waals surface area contributed by atoms with E-state index in [0.29, 0.717) is 0 Å². The molecule has 0 aliphatic rings. The van der Waals surface area contributed by atoms with Crippen LogP contribution in [-0.4, -0.2) is 11.5 Å². The van der Waals surface area contributed by atoms with Crippen LogP contribution in [0.1, 0.15) is 30.9 Å². The Balaban J connectivity index is 1.70. The van der Waals surface area contributed by atoms with Gasteiger partial charge in [-0.2, -0.15) is 0 Å². The van der Waals surface area contributed by atoms with Crippen LogP contribution < -0.4 is 5.73 Å². The van der Waals surface area contributed by atoms with Crippen LogP contribution in [0.4, 0.5) is 0 Å². The first-order valence-electron chi connectivity index (χ1n) is 10.5. The maximum Gasteiger partial charge on any atom is 0.0497 e. The molecule has 29 heavy (non-hydrogen) atoms. The maximum atomic E-state index is 5.77. The average Bonchev–Trinajstić information content (AvgIpc) is 3.31. The molecule has 3 heteroatoms. The number of nitrogens with two attached hydrogens (primary N) is 1. The zero-order valence-corrected chi connectivity index (χ0v) is 17.6. The first-order valence-corrected chi connectivity index (χ1v) is 11.4. The molecule has 0 aliphatic carbocycles. The normalized spacial score (nSPS) is 11.8. The second-order valence-corrected chi connectivity index (χ2v) is 8.85. The predicted molar refractivity (Wildman–Crippen MR) is 128 cm³/mol. The molecule has 2 nitrogen and oxygen atoms in total. The Kier molecular flexibility index (Phi) is 4.86. The smallest absolute Gasteiger partial charge is 0.0497 e.